The molecular formula is C23H21ClO3S. The largest absolute Gasteiger partial charge is 0.383 e. The Balaban J connectivity index is 2.22. The van der Waals surface area contributed by atoms with Crippen molar-refractivity contribution in [3.05, 3.63) is 105 Å². The standard InChI is InChI=1S/C23H21ClO3S/c1-16-8-14-21(15-9-16)28(26,27)23(17(2)18-6-4-3-5-7-18)22(25)19-10-12-20(24)13-11-19/h3-15,22,25H,1-2H3/b23-17-. The summed E-state index contributed by atoms with van der Waals surface area (Å²) in [6, 6.07) is 22.4. The van der Waals surface area contributed by atoms with Crippen LogP contribution in [-0.4, -0.2) is 13.5 Å². The Kier molecular flexibility index (Phi) is 6.04. The Morgan fingerprint density at radius 1 is 0.893 bits per heavy atom. The van der Waals surface area contributed by atoms with E-state index in [4.69, 9.17) is 11.6 Å². The van der Waals surface area contributed by atoms with Crippen molar-refractivity contribution >= 4 is 27.0 Å². The zero-order chi connectivity index (χ0) is 20.3. The molecule has 1 atom stereocenters. The number of hydrogen-bond acceptors (Lipinski definition) is 3. The van der Waals surface area contributed by atoms with Gasteiger partial charge in [0.25, 0.3) is 0 Å². The summed E-state index contributed by atoms with van der Waals surface area (Å²) in [6.07, 6.45) is -1.32. The third-order valence-electron chi connectivity index (χ3n) is 4.63. The Labute approximate surface area is 170 Å². The van der Waals surface area contributed by atoms with Crippen LogP contribution in [0.25, 0.3) is 5.57 Å². The van der Waals surface area contributed by atoms with Gasteiger partial charge in [0.1, 0.15) is 6.10 Å². The molecule has 5 heteroatoms. The molecule has 0 heterocycles. The van der Waals surface area contributed by atoms with Gasteiger partial charge in [-0.2, -0.15) is 0 Å². The molecule has 0 aromatic heterocycles. The van der Waals surface area contributed by atoms with E-state index in [0.29, 0.717) is 16.2 Å². The van der Waals surface area contributed by atoms with Crippen molar-refractivity contribution in [2.45, 2.75) is 24.8 Å². The molecule has 0 bridgehead atoms. The number of halogens is 1. The molecule has 3 aromatic rings. The first-order valence-electron chi connectivity index (χ1n) is 8.82. The Morgan fingerprint density at radius 2 is 1.46 bits per heavy atom. The van der Waals surface area contributed by atoms with Crippen molar-refractivity contribution < 1.29 is 13.5 Å². The highest BCUT2D eigenvalue weighted by molar-refractivity contribution is 7.95. The summed E-state index contributed by atoms with van der Waals surface area (Å²) in [6.45, 7) is 3.61. The lowest BCUT2D eigenvalue weighted by Gasteiger charge is -2.20. The van der Waals surface area contributed by atoms with Gasteiger partial charge in [0.2, 0.25) is 9.84 Å². The van der Waals surface area contributed by atoms with Crippen LogP contribution in [0.2, 0.25) is 5.02 Å². The monoisotopic (exact) mass is 412 g/mol. The predicted octanol–water partition coefficient (Wildman–Crippen LogP) is 5.59. The first kappa shape index (κ1) is 20.3. The Hall–Kier alpha value is -2.40. The van der Waals surface area contributed by atoms with Gasteiger partial charge in [-0.15, -0.1) is 0 Å². The van der Waals surface area contributed by atoms with Crippen LogP contribution in [0, 0.1) is 6.92 Å². The lowest BCUT2D eigenvalue weighted by Crippen LogP contribution is -2.15. The van der Waals surface area contributed by atoms with Gasteiger partial charge in [-0.05, 0) is 54.8 Å². The lowest BCUT2D eigenvalue weighted by molar-refractivity contribution is 0.223. The summed E-state index contributed by atoms with van der Waals surface area (Å²) in [5.74, 6) is 0. The van der Waals surface area contributed by atoms with E-state index < -0.39 is 15.9 Å². The first-order valence-corrected chi connectivity index (χ1v) is 10.7. The van der Waals surface area contributed by atoms with Gasteiger partial charge < -0.3 is 5.11 Å². The van der Waals surface area contributed by atoms with Crippen molar-refractivity contribution in [1.82, 2.24) is 0 Å². The van der Waals surface area contributed by atoms with Gasteiger partial charge in [0.15, 0.2) is 0 Å². The van der Waals surface area contributed by atoms with Crippen LogP contribution < -0.4 is 0 Å². The molecule has 1 N–H and O–H groups in total. The Bertz CT molecular complexity index is 1080. The fraction of sp³-hybridized carbons (Fsp3) is 0.130. The van der Waals surface area contributed by atoms with E-state index in [1.807, 2.05) is 37.3 Å². The molecule has 1 unspecified atom stereocenters. The van der Waals surface area contributed by atoms with E-state index in [1.165, 1.54) is 0 Å². The quantitative estimate of drug-likeness (QED) is 0.594. The van der Waals surface area contributed by atoms with E-state index in [9.17, 15) is 13.5 Å². The highest BCUT2D eigenvalue weighted by atomic mass is 35.5. The first-order chi connectivity index (χ1) is 13.3. The van der Waals surface area contributed by atoms with Crippen molar-refractivity contribution in [3.8, 4) is 0 Å². The van der Waals surface area contributed by atoms with Gasteiger partial charge in [-0.3, -0.25) is 0 Å². The molecule has 3 nitrogen and oxygen atoms in total. The van der Waals surface area contributed by atoms with Gasteiger partial charge in [-0.25, -0.2) is 8.42 Å². The minimum absolute atomic E-state index is 0.0372. The maximum Gasteiger partial charge on any atom is 0.205 e. The lowest BCUT2D eigenvalue weighted by atomic mass is 10.0. The average molecular weight is 413 g/mol. The van der Waals surface area contributed by atoms with Crippen LogP contribution in [0.5, 0.6) is 0 Å². The van der Waals surface area contributed by atoms with Gasteiger partial charge >= 0.3 is 0 Å². The van der Waals surface area contributed by atoms with Crippen LogP contribution in [0.3, 0.4) is 0 Å². The SMILES string of the molecule is C/C(=C(\C(O)c1ccc(Cl)cc1)S(=O)(=O)c1ccc(C)cc1)c1ccccc1. The van der Waals surface area contributed by atoms with E-state index in [1.54, 1.807) is 55.5 Å². The third kappa shape index (κ3) is 4.20. The van der Waals surface area contributed by atoms with E-state index in [2.05, 4.69) is 0 Å². The zero-order valence-electron chi connectivity index (χ0n) is 15.6. The summed E-state index contributed by atoms with van der Waals surface area (Å²) in [5.41, 5.74) is 2.66. The molecule has 3 rings (SSSR count). The number of aryl methyl sites for hydroxylation is 1. The van der Waals surface area contributed by atoms with Gasteiger partial charge in [0, 0.05) is 5.02 Å². The molecule has 0 spiro atoms. The molecule has 0 saturated heterocycles. The third-order valence-corrected chi connectivity index (χ3v) is 6.88. The highest BCUT2D eigenvalue weighted by Gasteiger charge is 2.30. The second kappa shape index (κ2) is 8.31. The van der Waals surface area contributed by atoms with E-state index >= 15 is 0 Å². The van der Waals surface area contributed by atoms with Crippen LogP contribution in [-0.2, 0) is 9.84 Å². The fourth-order valence-corrected chi connectivity index (χ4v) is 4.85. The molecular weight excluding hydrogens is 392 g/mol. The number of sulfone groups is 1. The van der Waals surface area contributed by atoms with E-state index in [-0.39, 0.29) is 9.80 Å². The molecule has 0 saturated carbocycles. The fourth-order valence-electron chi connectivity index (χ4n) is 3.02. The van der Waals surface area contributed by atoms with Crippen LogP contribution >= 0.6 is 11.6 Å². The minimum atomic E-state index is -3.93. The molecule has 0 aliphatic carbocycles. The second-order valence-electron chi connectivity index (χ2n) is 6.63. The summed E-state index contributed by atoms with van der Waals surface area (Å²) >= 11 is 5.94. The smallest absolute Gasteiger partial charge is 0.205 e. The maximum absolute atomic E-state index is 13.5. The molecule has 3 aromatic carbocycles. The molecule has 0 aliphatic rings. The van der Waals surface area contributed by atoms with Crippen LogP contribution in [0.4, 0.5) is 0 Å². The maximum atomic E-state index is 13.5. The van der Waals surface area contributed by atoms with Crippen molar-refractivity contribution in [1.29, 1.82) is 0 Å². The summed E-state index contributed by atoms with van der Waals surface area (Å²) in [5, 5.41) is 11.6. The normalized spacial score (nSPS) is 13.7. The van der Waals surface area contributed by atoms with Crippen molar-refractivity contribution in [2.75, 3.05) is 0 Å². The second-order valence-corrected chi connectivity index (χ2v) is 8.98. The number of rotatable bonds is 5. The zero-order valence-corrected chi connectivity index (χ0v) is 17.2. The average Bonchev–Trinajstić information content (AvgIpc) is 2.69. The molecule has 144 valence electrons. The molecule has 0 amide bonds. The molecule has 0 aliphatic heterocycles. The minimum Gasteiger partial charge on any atom is -0.383 e. The van der Waals surface area contributed by atoms with Crippen LogP contribution in [0.1, 0.15) is 29.7 Å². The van der Waals surface area contributed by atoms with Crippen LogP contribution in [0.15, 0.2) is 88.7 Å². The molecule has 0 fully saturated rings. The molecule has 28 heavy (non-hydrogen) atoms. The summed E-state index contributed by atoms with van der Waals surface area (Å²) < 4.78 is 27.0. The van der Waals surface area contributed by atoms with Crippen molar-refractivity contribution in [3.63, 3.8) is 0 Å². The number of allylic oxidation sites excluding steroid dienone is 1. The number of aliphatic hydroxyl groups is 1. The highest BCUT2D eigenvalue weighted by Crippen LogP contribution is 2.36. The van der Waals surface area contributed by atoms with Gasteiger partial charge in [0.05, 0.1) is 9.80 Å². The summed E-state index contributed by atoms with van der Waals surface area (Å²) in [7, 11) is -3.93. The predicted molar refractivity (Wildman–Crippen MR) is 114 cm³/mol. The topological polar surface area (TPSA) is 54.4 Å². The Morgan fingerprint density at radius 3 is 2.04 bits per heavy atom. The summed E-state index contributed by atoms with van der Waals surface area (Å²) in [4.78, 5) is 0.112. The molecule has 0 radical (unpaired) electrons. The van der Waals surface area contributed by atoms with Crippen molar-refractivity contribution in [2.24, 2.45) is 0 Å². The van der Waals surface area contributed by atoms with E-state index in [0.717, 1.165) is 11.1 Å². The number of aliphatic hydroxyl groups excluding tert-OH is 1. The number of hydrogen-bond donors (Lipinski definition) is 1. The van der Waals surface area contributed by atoms with Gasteiger partial charge in [-0.1, -0.05) is 71.8 Å². The number of benzene rings is 3.